The first-order chi connectivity index (χ1) is 70.3. The van der Waals surface area contributed by atoms with Crippen molar-refractivity contribution < 1.29 is 104 Å². The van der Waals surface area contributed by atoms with Gasteiger partial charge in [0.2, 0.25) is 11.8 Å². The Morgan fingerprint density at radius 2 is 1.02 bits per heavy atom. The third-order valence-electron chi connectivity index (χ3n) is 27.8. The van der Waals surface area contributed by atoms with Gasteiger partial charge in [-0.15, -0.1) is 0 Å². The zero-order valence-electron chi connectivity index (χ0n) is 85.5. The molecule has 8 aromatic rings. The predicted octanol–water partition coefficient (Wildman–Crippen LogP) is 15.4. The summed E-state index contributed by atoms with van der Waals surface area (Å²) in [6.07, 6.45) is 23.8. The number of anilines is 5. The number of nitrogens with zero attached hydrogens (tertiary/aromatic N) is 8. The van der Waals surface area contributed by atoms with Gasteiger partial charge in [-0.2, -0.15) is 0 Å². The number of unbranched alkanes of at least 4 members (excludes halogenated alkanes) is 6. The molecule has 36 heteroatoms. The van der Waals surface area contributed by atoms with Crippen molar-refractivity contribution in [3.8, 4) is 23.0 Å². The Hall–Kier alpha value is -13.6. The highest BCUT2D eigenvalue weighted by molar-refractivity contribution is 6.14. The van der Waals surface area contributed by atoms with Gasteiger partial charge in [-0.3, -0.25) is 62.6 Å². The molecule has 147 heavy (non-hydrogen) atoms. The van der Waals surface area contributed by atoms with Gasteiger partial charge in [0.15, 0.2) is 23.0 Å². The van der Waals surface area contributed by atoms with Crippen LogP contribution < -0.4 is 66.9 Å². The number of quaternary nitrogens is 1. The summed E-state index contributed by atoms with van der Waals surface area (Å²) in [5.74, 6) is 1.33. The number of ether oxygens (including phenoxy) is 6. The quantitative estimate of drug-likeness (QED) is 0.00577. The molecule has 14 rings (SSSR count). The number of halogens is 2. The molecule has 0 unspecified atom stereocenters. The molecule has 4 aliphatic heterocycles. The number of ketones is 4. The number of fused-ring (bicyclic) bond motifs is 2. The number of morpholine rings is 2. The number of primary amides is 2. The summed E-state index contributed by atoms with van der Waals surface area (Å²) in [6.45, 7) is 22.3. The third-order valence-corrected chi connectivity index (χ3v) is 27.8. The fourth-order valence-corrected chi connectivity index (χ4v) is 19.0. The van der Waals surface area contributed by atoms with E-state index < -0.39 is 28.8 Å². The van der Waals surface area contributed by atoms with Gasteiger partial charge in [0.1, 0.15) is 78.6 Å². The Labute approximate surface area is 860 Å². The number of methoxy groups -OCH3 is 2. The monoisotopic (exact) mass is 2030 g/mol. The minimum atomic E-state index is -0.974. The van der Waals surface area contributed by atoms with E-state index in [4.69, 9.17) is 44.9 Å². The van der Waals surface area contributed by atoms with E-state index in [-0.39, 0.29) is 90.0 Å². The van der Waals surface area contributed by atoms with Gasteiger partial charge in [-0.1, -0.05) is 94.8 Å². The summed E-state index contributed by atoms with van der Waals surface area (Å²) in [6, 6.07) is 32.8. The third kappa shape index (κ3) is 34.0. The van der Waals surface area contributed by atoms with Gasteiger partial charge in [0.25, 0.3) is 35.8 Å². The number of imide groups is 2. The van der Waals surface area contributed by atoms with Crippen molar-refractivity contribution in [3.05, 3.63) is 186 Å². The second-order valence-electron chi connectivity index (χ2n) is 38.6. The second kappa shape index (κ2) is 57.5. The van der Waals surface area contributed by atoms with E-state index in [0.29, 0.717) is 162 Å². The van der Waals surface area contributed by atoms with Crippen LogP contribution in [-0.2, 0) is 70.5 Å². The molecule has 0 bridgehead atoms. The van der Waals surface area contributed by atoms with Gasteiger partial charge in [-0.05, 0) is 186 Å². The summed E-state index contributed by atoms with van der Waals surface area (Å²) in [5.41, 5.74) is 17.0. The summed E-state index contributed by atoms with van der Waals surface area (Å²) in [5, 5.41) is 18.7. The molecule has 2 aliphatic carbocycles. The van der Waals surface area contributed by atoms with Crippen LogP contribution in [0.1, 0.15) is 203 Å². The molecule has 2 saturated carbocycles. The topological polar surface area (TPSA) is 437 Å². The number of amides is 10. The maximum absolute atomic E-state index is 13.9. The summed E-state index contributed by atoms with van der Waals surface area (Å²) < 4.78 is 65.8. The van der Waals surface area contributed by atoms with Gasteiger partial charge in [-0.25, -0.2) is 32.9 Å². The van der Waals surface area contributed by atoms with Crippen LogP contribution in [0.25, 0.3) is 21.8 Å². The number of aryl methyl sites for hydroxylation is 3. The molecule has 10 N–H and O–H groups in total. The molecule has 6 aromatic carbocycles. The number of carbonyl (C=O) groups is 12. The molecule has 2 saturated heterocycles. The van der Waals surface area contributed by atoms with Crippen LogP contribution in [0.2, 0.25) is 0 Å². The summed E-state index contributed by atoms with van der Waals surface area (Å²) >= 11 is 0. The SMILES string of the molecule is C.CNC(=O)[C@H](CCCNC(N)=O)CC(=O)C1(C(=O)CCCCCCN2C(=O)C=CC2=O)CCC1.COc1cc2c(cc1OCCCN1CCOCC1)c(Nc1ccc(F)c(C)c1)nc[n+]2Cc1ccc(NC(C)=O)cc1.COc1cc2ncnc(Nc3ccc(F)c(C)c3)c2cc1OCCC[N+]1(Cc2ccc(C)cc2)CCOCC1.C[C@H](CCCNC(N)=O)CC(=O)C1(C(=O)CCCCCCN2C(=O)C=CC2=O)CCC1. The lowest BCUT2D eigenvalue weighted by atomic mass is 9.61. The average molecular weight is 2030 g/mol. The van der Waals surface area contributed by atoms with E-state index in [9.17, 15) is 66.3 Å². The number of carbonyl (C=O) groups excluding carboxylic acids is 12. The van der Waals surface area contributed by atoms with Crippen LogP contribution in [-0.4, -0.2) is 231 Å². The van der Waals surface area contributed by atoms with Crippen molar-refractivity contribution in [2.24, 2.45) is 34.1 Å². The zero-order valence-corrected chi connectivity index (χ0v) is 85.5. The molecular formula is C111H148F2N16O18+2. The van der Waals surface area contributed by atoms with Gasteiger partial charge in [0, 0.05) is 168 Å². The lowest BCUT2D eigenvalue weighted by molar-refractivity contribution is -0.947. The Kier molecular flexibility index (Phi) is 45.1. The molecule has 2 atom stereocenters. The molecule has 792 valence electrons. The van der Waals surface area contributed by atoms with Crippen molar-refractivity contribution in [1.29, 1.82) is 0 Å². The number of urea groups is 2. The maximum Gasteiger partial charge on any atom is 0.312 e. The van der Waals surface area contributed by atoms with E-state index >= 15 is 0 Å². The Bertz CT molecular complexity index is 5870. The van der Waals surface area contributed by atoms with Gasteiger partial charge >= 0.3 is 12.1 Å². The second-order valence-corrected chi connectivity index (χ2v) is 38.6. The maximum atomic E-state index is 13.9. The highest BCUT2D eigenvalue weighted by Crippen LogP contribution is 2.48. The van der Waals surface area contributed by atoms with Crippen molar-refractivity contribution in [2.75, 3.05) is 142 Å². The summed E-state index contributed by atoms with van der Waals surface area (Å²) in [4.78, 5) is 162. The normalized spacial score (nSPS) is 15.6. The highest BCUT2D eigenvalue weighted by atomic mass is 19.1. The van der Waals surface area contributed by atoms with Crippen molar-refractivity contribution >= 4 is 121 Å². The lowest BCUT2D eigenvalue weighted by Crippen LogP contribution is -2.55. The van der Waals surface area contributed by atoms with E-state index in [1.807, 2.05) is 60.0 Å². The zero-order chi connectivity index (χ0) is 105. The fourth-order valence-electron chi connectivity index (χ4n) is 19.0. The Morgan fingerprint density at radius 1 is 0.531 bits per heavy atom. The minimum absolute atomic E-state index is 0. The smallest absolute Gasteiger partial charge is 0.312 e. The first-order valence-corrected chi connectivity index (χ1v) is 51.0. The summed E-state index contributed by atoms with van der Waals surface area (Å²) in [7, 11) is 4.78. The number of Topliss-reactive ketones (excluding diaryl/α,β-unsaturated/α-hetero) is 4. The van der Waals surface area contributed by atoms with Crippen LogP contribution in [0.5, 0.6) is 23.0 Å². The first kappa shape index (κ1) is 115. The van der Waals surface area contributed by atoms with Crippen LogP contribution in [0, 0.1) is 55.1 Å². The van der Waals surface area contributed by atoms with E-state index in [1.165, 1.54) is 77.7 Å². The van der Waals surface area contributed by atoms with Crippen LogP contribution >= 0.6 is 0 Å². The highest BCUT2D eigenvalue weighted by Gasteiger charge is 2.51. The number of nitrogens with two attached hydrogens (primary N) is 2. The number of hydrogen-bond donors (Lipinski definition) is 8. The molecule has 34 nitrogen and oxygen atoms in total. The first-order valence-electron chi connectivity index (χ1n) is 51.0. The van der Waals surface area contributed by atoms with E-state index in [2.05, 4.69) is 78.0 Å². The van der Waals surface area contributed by atoms with Crippen molar-refractivity contribution in [1.82, 2.24) is 45.6 Å². The van der Waals surface area contributed by atoms with E-state index in [1.54, 1.807) is 58.7 Å². The largest absolute Gasteiger partial charge is 0.493 e. The van der Waals surface area contributed by atoms with Crippen LogP contribution in [0.3, 0.4) is 0 Å². The number of aromatic nitrogens is 4. The molecule has 0 spiro atoms. The molecule has 6 heterocycles. The fraction of sp³-hybridized carbons (Fsp3) is 0.495. The lowest BCUT2D eigenvalue weighted by Gasteiger charge is -2.41. The Morgan fingerprint density at radius 3 is 1.53 bits per heavy atom. The number of hydrogen-bond acceptors (Lipinski definition) is 24. The molecule has 10 amide bonds. The molecule has 6 aliphatic rings. The minimum Gasteiger partial charge on any atom is -0.493 e. The predicted molar refractivity (Wildman–Crippen MR) is 558 cm³/mol. The number of rotatable bonds is 52. The number of benzene rings is 6. The average Bonchev–Trinajstić information content (AvgIpc) is 1.04. The van der Waals surface area contributed by atoms with Gasteiger partial charge < -0.3 is 76.3 Å². The van der Waals surface area contributed by atoms with Crippen molar-refractivity contribution in [2.45, 2.75) is 209 Å². The standard InChI is InChI=1S/C32H36FN5O4.C31H36FN4O3.C24H36N4O6.C23H35N3O5.CH4/c1-22-17-26(9-10-28(22)33)36-32-27-18-31(42-14-4-11-37-12-15-41-16-13-37)30(40-3)19-29(27)38(21-34-32)20-24-5-7-25(8-6-24)35-23(2)39;1-22-5-7-24(8-6-22)20-36(12-15-38-16-13-36)11-4-14-39-30-18-26-28(19-29(30)37-3)33-21-34-31(26)35-25-9-10-27(32)23(2)17-25;1-26-22(33)17(8-6-14-27-23(25)34)16-19(30)24(12-7-13-24)18(29)9-4-2-3-5-15-28-20(31)10-11-21(28)32;1-17(8-6-14-25-22(24)31)16-19(28)23(12-7-13-23)18(27)9-4-2-3-5-15-26-20(29)10-11-21(26)30;/h5-10,17-19,21H,4,11-16,20H2,1-3H3,(H,35,39);5-10,17-19,21H,4,11-16,20H2,1-3H3,(H,33,34,35);10-11,17H,2-9,12-16H2,1H3,(H,26,33)(H3,25,27,34);10-11,17H,2-9,12-16H2,1H3,(H3,24,25,31);1H4/q;+1;;;/p+1/t;;2*17-;/m..11./s1. The molecular weight excluding hydrogens is 1880 g/mol. The Balaban J connectivity index is 0.000000202. The van der Waals surface area contributed by atoms with Crippen LogP contribution in [0.15, 0.2) is 146 Å². The molecule has 0 radical (unpaired) electrons. The van der Waals surface area contributed by atoms with Gasteiger partial charge in [0.05, 0.1) is 82.1 Å². The van der Waals surface area contributed by atoms with Crippen LogP contribution in [0.4, 0.5) is 47.1 Å². The molecule has 4 fully saturated rings. The van der Waals surface area contributed by atoms with Crippen molar-refractivity contribution in [3.63, 3.8) is 0 Å². The molecule has 2 aromatic heterocycles. The van der Waals surface area contributed by atoms with E-state index in [0.717, 1.165) is 198 Å². The number of nitrogens with one attached hydrogen (secondary N) is 6.